The molecular formula is C30H36O11. The van der Waals surface area contributed by atoms with Gasteiger partial charge in [-0.05, 0) is 53.1 Å². The van der Waals surface area contributed by atoms with E-state index in [0.717, 1.165) is 5.56 Å². The minimum Gasteiger partial charge on any atom is -0.504 e. The lowest BCUT2D eigenvalue weighted by atomic mass is 9.91. The summed E-state index contributed by atoms with van der Waals surface area (Å²) in [6.45, 7) is -0.817. The van der Waals surface area contributed by atoms with Gasteiger partial charge in [-0.25, -0.2) is 0 Å². The smallest absolute Gasteiger partial charge is 0.161 e. The maximum Gasteiger partial charge on any atom is 0.161 e. The van der Waals surface area contributed by atoms with Crippen molar-refractivity contribution in [1.82, 2.24) is 0 Å². The second-order valence-electron chi connectivity index (χ2n) is 9.77. The number of hydrogen-bond donors (Lipinski definition) is 6. The van der Waals surface area contributed by atoms with Crippen molar-refractivity contribution in [2.45, 2.75) is 36.9 Å². The van der Waals surface area contributed by atoms with E-state index in [4.69, 9.17) is 23.7 Å². The lowest BCUT2D eigenvalue weighted by Gasteiger charge is -2.24. The van der Waals surface area contributed by atoms with Gasteiger partial charge >= 0.3 is 0 Å². The van der Waals surface area contributed by atoms with Crippen LogP contribution in [0.2, 0.25) is 0 Å². The Labute approximate surface area is 237 Å². The van der Waals surface area contributed by atoms with Gasteiger partial charge in [-0.15, -0.1) is 0 Å². The molecular weight excluding hydrogens is 536 g/mol. The van der Waals surface area contributed by atoms with Gasteiger partial charge in [0.05, 0.1) is 52.9 Å². The van der Waals surface area contributed by atoms with E-state index in [-0.39, 0.29) is 35.4 Å². The van der Waals surface area contributed by atoms with Crippen LogP contribution in [0.15, 0.2) is 54.6 Å². The number of aliphatic hydroxyl groups excluding tert-OH is 4. The molecule has 3 aromatic carbocycles. The number of aromatic hydroxyl groups is 2. The summed E-state index contributed by atoms with van der Waals surface area (Å²) in [5.41, 5.74) is 1.78. The molecule has 0 saturated carbocycles. The Balaban J connectivity index is 1.50. The molecule has 11 heteroatoms. The van der Waals surface area contributed by atoms with Crippen LogP contribution in [-0.4, -0.2) is 83.5 Å². The van der Waals surface area contributed by atoms with Gasteiger partial charge in [-0.2, -0.15) is 0 Å². The summed E-state index contributed by atoms with van der Waals surface area (Å²) in [7, 11) is 4.28. The standard InChI is InChI=1S/C30H36O11/c1-37-23-12-17(5-7-20(23)33)28(35)27(15-32)40-22-9-4-16(10-25(22)39-3)11-26-29(36)19(14-31)30(41-26)18-6-8-21(34)24(13-18)38-2/h4-10,12-13,19,26-36H,11,14-15H2,1-3H3. The predicted octanol–water partition coefficient (Wildman–Crippen LogP) is 2.25. The quantitative estimate of drug-likeness (QED) is 0.188. The maximum atomic E-state index is 11.0. The molecule has 0 spiro atoms. The van der Waals surface area contributed by atoms with Crippen LogP contribution in [0.4, 0.5) is 0 Å². The van der Waals surface area contributed by atoms with E-state index in [1.54, 1.807) is 30.3 Å². The summed E-state index contributed by atoms with van der Waals surface area (Å²) < 4.78 is 27.9. The summed E-state index contributed by atoms with van der Waals surface area (Å²) in [4.78, 5) is 0. The Bertz CT molecular complexity index is 1310. The molecule has 11 nitrogen and oxygen atoms in total. The first kappa shape index (κ1) is 30.2. The van der Waals surface area contributed by atoms with Crippen molar-refractivity contribution in [1.29, 1.82) is 0 Å². The fourth-order valence-electron chi connectivity index (χ4n) is 5.02. The molecule has 6 N–H and O–H groups in total. The number of hydrogen-bond acceptors (Lipinski definition) is 11. The molecule has 6 atom stereocenters. The maximum absolute atomic E-state index is 11.0. The van der Waals surface area contributed by atoms with Gasteiger partial charge in [-0.1, -0.05) is 18.2 Å². The highest BCUT2D eigenvalue weighted by Crippen LogP contribution is 2.42. The minimum atomic E-state index is -1.24. The molecule has 0 amide bonds. The zero-order valence-electron chi connectivity index (χ0n) is 23.0. The SMILES string of the molecule is COc1cc(C(O)C(CO)Oc2ccc(CC3OC(c4ccc(O)c(OC)c4)C(CO)C3O)cc2OC)ccc1O. The van der Waals surface area contributed by atoms with Crippen molar-refractivity contribution in [3.8, 4) is 34.5 Å². The fourth-order valence-corrected chi connectivity index (χ4v) is 5.02. The van der Waals surface area contributed by atoms with Crippen molar-refractivity contribution in [2.75, 3.05) is 34.5 Å². The highest BCUT2D eigenvalue weighted by Gasteiger charge is 2.44. The topological polar surface area (TPSA) is 168 Å². The van der Waals surface area contributed by atoms with Crippen LogP contribution >= 0.6 is 0 Å². The van der Waals surface area contributed by atoms with Crippen LogP contribution in [0.5, 0.6) is 34.5 Å². The van der Waals surface area contributed by atoms with Crippen LogP contribution in [0.1, 0.15) is 28.9 Å². The van der Waals surface area contributed by atoms with Gasteiger partial charge in [0, 0.05) is 12.3 Å². The molecule has 0 aromatic heterocycles. The summed E-state index contributed by atoms with van der Waals surface area (Å²) in [5, 5.41) is 61.6. The largest absolute Gasteiger partial charge is 0.504 e. The molecule has 1 saturated heterocycles. The Morgan fingerprint density at radius 1 is 0.805 bits per heavy atom. The first-order valence-electron chi connectivity index (χ1n) is 13.0. The van der Waals surface area contributed by atoms with Crippen LogP contribution in [0.3, 0.4) is 0 Å². The Kier molecular flexibility index (Phi) is 9.79. The fraction of sp³-hybridized carbons (Fsp3) is 0.400. The van der Waals surface area contributed by atoms with E-state index < -0.39 is 43.0 Å². The number of phenolic OH excluding ortho intramolecular Hbond substituents is 2. The van der Waals surface area contributed by atoms with E-state index in [9.17, 15) is 30.6 Å². The summed E-state index contributed by atoms with van der Waals surface area (Å²) in [6, 6.07) is 14.2. The van der Waals surface area contributed by atoms with E-state index >= 15 is 0 Å². The summed E-state index contributed by atoms with van der Waals surface area (Å²) >= 11 is 0. The lowest BCUT2D eigenvalue weighted by Crippen LogP contribution is -2.30. The molecule has 0 radical (unpaired) electrons. The Morgan fingerprint density at radius 2 is 1.46 bits per heavy atom. The Hall–Kier alpha value is -3.74. The van der Waals surface area contributed by atoms with Gasteiger partial charge < -0.3 is 54.3 Å². The molecule has 1 heterocycles. The van der Waals surface area contributed by atoms with Crippen molar-refractivity contribution >= 4 is 0 Å². The van der Waals surface area contributed by atoms with E-state index in [1.165, 1.54) is 45.6 Å². The van der Waals surface area contributed by atoms with Gasteiger partial charge in [0.15, 0.2) is 40.6 Å². The van der Waals surface area contributed by atoms with Crippen LogP contribution in [0, 0.1) is 5.92 Å². The number of ether oxygens (including phenoxy) is 5. The predicted molar refractivity (Wildman–Crippen MR) is 147 cm³/mol. The molecule has 0 bridgehead atoms. The van der Waals surface area contributed by atoms with Gasteiger partial charge in [-0.3, -0.25) is 0 Å². The van der Waals surface area contributed by atoms with Crippen LogP contribution in [-0.2, 0) is 11.2 Å². The highest BCUT2D eigenvalue weighted by atomic mass is 16.5. The third kappa shape index (κ3) is 6.45. The number of benzene rings is 3. The molecule has 222 valence electrons. The van der Waals surface area contributed by atoms with Crippen molar-refractivity contribution < 1.29 is 54.3 Å². The first-order valence-corrected chi connectivity index (χ1v) is 13.0. The second kappa shape index (κ2) is 13.3. The Morgan fingerprint density at radius 3 is 2.10 bits per heavy atom. The van der Waals surface area contributed by atoms with Crippen molar-refractivity contribution in [3.63, 3.8) is 0 Å². The van der Waals surface area contributed by atoms with Gasteiger partial charge in [0.25, 0.3) is 0 Å². The van der Waals surface area contributed by atoms with Gasteiger partial charge in [0.2, 0.25) is 0 Å². The zero-order valence-corrected chi connectivity index (χ0v) is 23.0. The minimum absolute atomic E-state index is 0.0277. The van der Waals surface area contributed by atoms with Crippen LogP contribution in [0.25, 0.3) is 0 Å². The average Bonchev–Trinajstić information content (AvgIpc) is 3.30. The first-order chi connectivity index (χ1) is 19.7. The molecule has 41 heavy (non-hydrogen) atoms. The zero-order chi connectivity index (χ0) is 29.7. The molecule has 1 aliphatic rings. The third-order valence-corrected chi connectivity index (χ3v) is 7.29. The molecule has 1 aliphatic heterocycles. The van der Waals surface area contributed by atoms with Gasteiger partial charge in [0.1, 0.15) is 6.10 Å². The third-order valence-electron chi connectivity index (χ3n) is 7.29. The summed E-state index contributed by atoms with van der Waals surface area (Å²) in [5.74, 6) is 0.337. The molecule has 4 rings (SSSR count). The second-order valence-corrected chi connectivity index (χ2v) is 9.77. The molecule has 0 aliphatic carbocycles. The summed E-state index contributed by atoms with van der Waals surface area (Å²) in [6.07, 6.45) is -4.25. The highest BCUT2D eigenvalue weighted by molar-refractivity contribution is 5.45. The number of methoxy groups -OCH3 is 3. The average molecular weight is 573 g/mol. The van der Waals surface area contributed by atoms with E-state index in [1.807, 2.05) is 0 Å². The molecule has 3 aromatic rings. The van der Waals surface area contributed by atoms with E-state index in [2.05, 4.69) is 0 Å². The number of aliphatic hydroxyl groups is 4. The number of rotatable bonds is 12. The normalized spacial score (nSPS) is 21.7. The van der Waals surface area contributed by atoms with Crippen molar-refractivity contribution in [3.05, 3.63) is 71.3 Å². The van der Waals surface area contributed by atoms with Crippen molar-refractivity contribution in [2.24, 2.45) is 5.92 Å². The van der Waals surface area contributed by atoms with E-state index in [0.29, 0.717) is 23.3 Å². The van der Waals surface area contributed by atoms with Crippen LogP contribution < -0.4 is 18.9 Å². The number of phenols is 2. The molecule has 6 unspecified atom stereocenters. The molecule has 1 fully saturated rings. The monoisotopic (exact) mass is 572 g/mol. The lowest BCUT2D eigenvalue weighted by molar-refractivity contribution is -0.000619.